The number of likely N-dealkylation sites (tertiary alicyclic amines) is 1. The summed E-state index contributed by atoms with van der Waals surface area (Å²) in [7, 11) is 4.44. The molecule has 1 aliphatic rings. The highest BCUT2D eigenvalue weighted by Crippen LogP contribution is 2.36. The van der Waals surface area contributed by atoms with Gasteiger partial charge >= 0.3 is 0 Å². The Kier molecular flexibility index (Phi) is 5.64. The minimum absolute atomic E-state index is 0.475. The summed E-state index contributed by atoms with van der Waals surface area (Å²) in [4.78, 5) is 14.0. The first-order valence-electron chi connectivity index (χ1n) is 8.77. The topological polar surface area (TPSA) is 32.3 Å². The summed E-state index contributed by atoms with van der Waals surface area (Å²) < 4.78 is 0. The van der Waals surface area contributed by atoms with Gasteiger partial charge in [-0.05, 0) is 44.6 Å². The zero-order chi connectivity index (χ0) is 17.1. The SMILES string of the molecule is CC(C)c1nc(CN(C)C[C@@H]2CCN(C)[C@H]2c2cccnc2)cs1. The molecule has 0 amide bonds. The quantitative estimate of drug-likeness (QED) is 0.798. The van der Waals surface area contributed by atoms with Crippen molar-refractivity contribution in [1.82, 2.24) is 19.8 Å². The highest BCUT2D eigenvalue weighted by Gasteiger charge is 2.33. The molecule has 2 aromatic rings. The number of aromatic nitrogens is 2. The molecule has 4 nitrogen and oxygen atoms in total. The Balaban J connectivity index is 1.63. The Morgan fingerprint density at radius 2 is 2.25 bits per heavy atom. The lowest BCUT2D eigenvalue weighted by Gasteiger charge is -2.28. The Hall–Kier alpha value is -1.30. The number of pyridine rings is 1. The molecule has 0 spiro atoms. The van der Waals surface area contributed by atoms with Crippen molar-refractivity contribution < 1.29 is 0 Å². The van der Waals surface area contributed by atoms with Crippen LogP contribution in [0.15, 0.2) is 29.9 Å². The molecule has 24 heavy (non-hydrogen) atoms. The first-order valence-corrected chi connectivity index (χ1v) is 9.65. The van der Waals surface area contributed by atoms with Crippen LogP contribution in [0.2, 0.25) is 0 Å². The lowest BCUT2D eigenvalue weighted by Crippen LogP contribution is -2.30. The van der Waals surface area contributed by atoms with E-state index in [-0.39, 0.29) is 0 Å². The zero-order valence-electron chi connectivity index (χ0n) is 15.1. The number of nitrogens with zero attached hydrogens (tertiary/aromatic N) is 4. The van der Waals surface area contributed by atoms with Gasteiger partial charge < -0.3 is 4.90 Å². The molecule has 5 heteroatoms. The fourth-order valence-electron chi connectivity index (χ4n) is 3.70. The lowest BCUT2D eigenvalue weighted by molar-refractivity contribution is 0.212. The smallest absolute Gasteiger partial charge is 0.0954 e. The van der Waals surface area contributed by atoms with Crippen molar-refractivity contribution >= 4 is 11.3 Å². The van der Waals surface area contributed by atoms with Crippen LogP contribution in [0.5, 0.6) is 0 Å². The van der Waals surface area contributed by atoms with Crippen LogP contribution in [0, 0.1) is 5.92 Å². The van der Waals surface area contributed by atoms with Crippen LogP contribution in [0.4, 0.5) is 0 Å². The maximum absolute atomic E-state index is 4.77. The van der Waals surface area contributed by atoms with Crippen LogP contribution in [0.1, 0.15) is 48.5 Å². The summed E-state index contributed by atoms with van der Waals surface area (Å²) in [6, 6.07) is 4.73. The molecular formula is C19H28N4S. The first-order chi connectivity index (χ1) is 11.5. The highest BCUT2D eigenvalue weighted by atomic mass is 32.1. The van der Waals surface area contributed by atoms with E-state index in [2.05, 4.69) is 54.2 Å². The van der Waals surface area contributed by atoms with Gasteiger partial charge in [0.2, 0.25) is 0 Å². The predicted molar refractivity (Wildman–Crippen MR) is 100 cm³/mol. The summed E-state index contributed by atoms with van der Waals surface area (Å²) >= 11 is 1.79. The molecule has 0 saturated carbocycles. The molecule has 2 atom stereocenters. The van der Waals surface area contributed by atoms with E-state index in [4.69, 9.17) is 4.98 Å². The third-order valence-corrected chi connectivity index (χ3v) is 6.04. The summed E-state index contributed by atoms with van der Waals surface area (Å²) in [5.41, 5.74) is 2.54. The van der Waals surface area contributed by atoms with E-state index in [0.29, 0.717) is 17.9 Å². The molecule has 0 radical (unpaired) electrons. The molecule has 0 aliphatic carbocycles. The minimum Gasteiger partial charge on any atom is -0.300 e. The number of hydrogen-bond donors (Lipinski definition) is 0. The molecule has 0 unspecified atom stereocenters. The van der Waals surface area contributed by atoms with Crippen LogP contribution < -0.4 is 0 Å². The molecular weight excluding hydrogens is 316 g/mol. The first kappa shape index (κ1) is 17.5. The largest absolute Gasteiger partial charge is 0.300 e. The summed E-state index contributed by atoms with van der Waals surface area (Å²) in [6.07, 6.45) is 5.12. The number of rotatable bonds is 6. The van der Waals surface area contributed by atoms with E-state index in [0.717, 1.165) is 19.6 Å². The Labute approximate surface area is 149 Å². The maximum atomic E-state index is 4.77. The predicted octanol–water partition coefficient (Wildman–Crippen LogP) is 3.79. The molecule has 1 fully saturated rings. The molecule has 1 saturated heterocycles. The zero-order valence-corrected chi connectivity index (χ0v) is 16.0. The van der Waals surface area contributed by atoms with E-state index in [9.17, 15) is 0 Å². The van der Waals surface area contributed by atoms with Gasteiger partial charge in [-0.25, -0.2) is 4.98 Å². The highest BCUT2D eigenvalue weighted by molar-refractivity contribution is 7.09. The molecule has 3 rings (SSSR count). The normalized spacial score (nSPS) is 21.9. The van der Waals surface area contributed by atoms with E-state index in [1.807, 2.05) is 18.5 Å². The number of thiazole rings is 1. The van der Waals surface area contributed by atoms with Crippen molar-refractivity contribution in [3.05, 3.63) is 46.2 Å². The number of hydrogen-bond acceptors (Lipinski definition) is 5. The lowest BCUT2D eigenvalue weighted by atomic mass is 9.94. The van der Waals surface area contributed by atoms with Gasteiger partial charge in [0.05, 0.1) is 10.7 Å². The molecule has 0 N–H and O–H groups in total. The molecule has 130 valence electrons. The molecule has 2 aromatic heterocycles. The summed E-state index contributed by atoms with van der Waals surface area (Å²) in [5.74, 6) is 1.17. The van der Waals surface area contributed by atoms with Crippen LogP contribution in [0.3, 0.4) is 0 Å². The Morgan fingerprint density at radius 1 is 1.42 bits per heavy atom. The van der Waals surface area contributed by atoms with Crippen molar-refractivity contribution in [3.8, 4) is 0 Å². The molecule has 1 aliphatic heterocycles. The van der Waals surface area contributed by atoms with Gasteiger partial charge in [-0.3, -0.25) is 9.88 Å². The van der Waals surface area contributed by atoms with Crippen LogP contribution in [-0.4, -0.2) is 47.0 Å². The van der Waals surface area contributed by atoms with Crippen molar-refractivity contribution in [2.24, 2.45) is 5.92 Å². The van der Waals surface area contributed by atoms with E-state index in [1.54, 1.807) is 11.3 Å². The average molecular weight is 345 g/mol. The second kappa shape index (κ2) is 7.72. The summed E-state index contributed by atoms with van der Waals surface area (Å²) in [6.45, 7) is 7.60. The molecule has 0 bridgehead atoms. The summed E-state index contributed by atoms with van der Waals surface area (Å²) in [5, 5.41) is 3.46. The van der Waals surface area contributed by atoms with Gasteiger partial charge in [0.25, 0.3) is 0 Å². The van der Waals surface area contributed by atoms with Gasteiger partial charge in [0.1, 0.15) is 0 Å². The van der Waals surface area contributed by atoms with Crippen LogP contribution in [0.25, 0.3) is 0 Å². The fourth-order valence-corrected chi connectivity index (χ4v) is 4.52. The average Bonchev–Trinajstić information content (AvgIpc) is 3.15. The van der Waals surface area contributed by atoms with Crippen molar-refractivity contribution in [1.29, 1.82) is 0 Å². The minimum atomic E-state index is 0.475. The van der Waals surface area contributed by atoms with E-state index >= 15 is 0 Å². The van der Waals surface area contributed by atoms with Gasteiger partial charge in [0.15, 0.2) is 0 Å². The maximum Gasteiger partial charge on any atom is 0.0954 e. The second-order valence-corrected chi connectivity index (χ2v) is 8.18. The third-order valence-electron chi connectivity index (χ3n) is 4.84. The van der Waals surface area contributed by atoms with Crippen LogP contribution >= 0.6 is 11.3 Å². The Morgan fingerprint density at radius 3 is 2.92 bits per heavy atom. The van der Waals surface area contributed by atoms with Gasteiger partial charge in [-0.1, -0.05) is 19.9 Å². The van der Waals surface area contributed by atoms with Crippen molar-refractivity contribution in [3.63, 3.8) is 0 Å². The van der Waals surface area contributed by atoms with Crippen molar-refractivity contribution in [2.45, 2.75) is 38.8 Å². The second-order valence-electron chi connectivity index (χ2n) is 7.29. The van der Waals surface area contributed by atoms with E-state index in [1.165, 1.54) is 22.7 Å². The van der Waals surface area contributed by atoms with E-state index < -0.39 is 0 Å². The third kappa shape index (κ3) is 4.02. The fraction of sp³-hybridized carbons (Fsp3) is 0.579. The van der Waals surface area contributed by atoms with Crippen molar-refractivity contribution in [2.75, 3.05) is 27.2 Å². The monoisotopic (exact) mass is 344 g/mol. The molecule has 3 heterocycles. The Bertz CT molecular complexity index is 640. The standard InChI is InChI=1S/C19H28N4S/c1-14(2)19-21-17(13-24-19)12-22(3)11-16-7-9-23(4)18(16)15-6-5-8-20-10-15/h5-6,8,10,13-14,16,18H,7,9,11-12H2,1-4H3/t16-,18-/m0/s1. The van der Waals surface area contributed by atoms with Crippen LogP contribution in [-0.2, 0) is 6.54 Å². The van der Waals surface area contributed by atoms with Gasteiger partial charge in [-0.15, -0.1) is 11.3 Å². The van der Waals surface area contributed by atoms with Gasteiger partial charge in [0, 0.05) is 42.8 Å². The molecule has 0 aromatic carbocycles. The van der Waals surface area contributed by atoms with Gasteiger partial charge in [-0.2, -0.15) is 0 Å².